The third-order valence-corrected chi connectivity index (χ3v) is 5.33. The summed E-state index contributed by atoms with van der Waals surface area (Å²) in [4.78, 5) is 8.64. The molecule has 2 aliphatic rings. The lowest BCUT2D eigenvalue weighted by Crippen LogP contribution is -2.31. The van der Waals surface area contributed by atoms with Crippen molar-refractivity contribution in [1.29, 1.82) is 0 Å². The van der Waals surface area contributed by atoms with Crippen LogP contribution in [0.4, 0.5) is 5.13 Å². The molecule has 1 aliphatic heterocycles. The second kappa shape index (κ2) is 6.41. The fourth-order valence-electron chi connectivity index (χ4n) is 2.60. The van der Waals surface area contributed by atoms with Crippen molar-refractivity contribution in [1.82, 2.24) is 10.3 Å². The molecule has 1 saturated carbocycles. The summed E-state index contributed by atoms with van der Waals surface area (Å²) < 4.78 is 5.49. The molecule has 0 bridgehead atoms. The van der Waals surface area contributed by atoms with Crippen LogP contribution in [0.1, 0.15) is 43.2 Å². The highest BCUT2D eigenvalue weighted by Gasteiger charge is 2.25. The minimum atomic E-state index is 0.500. The van der Waals surface area contributed by atoms with Crippen LogP contribution in [-0.4, -0.2) is 37.3 Å². The molecule has 3 rings (SSSR count). The number of anilines is 1. The predicted molar refractivity (Wildman–Crippen MR) is 83.6 cm³/mol. The smallest absolute Gasteiger partial charge is 0.185 e. The van der Waals surface area contributed by atoms with Crippen LogP contribution in [0, 0.1) is 0 Å². The molecule has 1 N–H and O–H groups in total. The molecule has 0 aromatic carbocycles. The van der Waals surface area contributed by atoms with Crippen molar-refractivity contribution in [2.75, 3.05) is 25.2 Å². The molecule has 0 radical (unpaired) electrons. The number of hydrogen-bond acceptors (Lipinski definition) is 5. The van der Waals surface area contributed by atoms with Gasteiger partial charge in [-0.2, -0.15) is 0 Å². The molecule has 1 aliphatic carbocycles. The van der Waals surface area contributed by atoms with Crippen molar-refractivity contribution in [3.63, 3.8) is 0 Å². The first-order valence-corrected chi connectivity index (χ1v) is 8.62. The minimum Gasteiger partial charge on any atom is -0.379 e. The van der Waals surface area contributed by atoms with E-state index >= 15 is 0 Å². The minimum absolute atomic E-state index is 0.500. The Balaban J connectivity index is 1.70. The largest absolute Gasteiger partial charge is 0.379 e. The number of thiazole rings is 1. The van der Waals surface area contributed by atoms with Crippen molar-refractivity contribution < 1.29 is 4.74 Å². The lowest BCUT2D eigenvalue weighted by molar-refractivity contribution is 0.193. The van der Waals surface area contributed by atoms with Gasteiger partial charge in [-0.3, -0.25) is 0 Å². The summed E-state index contributed by atoms with van der Waals surface area (Å²) in [5.74, 6) is 0. The van der Waals surface area contributed by atoms with Gasteiger partial charge in [0.25, 0.3) is 0 Å². The molecule has 112 valence electrons. The SMILES string of the molecule is CCCc1nc(N(C)C2CCOC2)sc1CNC1CC1. The zero-order valence-corrected chi connectivity index (χ0v) is 13.3. The van der Waals surface area contributed by atoms with Crippen LogP contribution in [0.3, 0.4) is 0 Å². The Labute approximate surface area is 125 Å². The molecule has 1 aromatic rings. The van der Waals surface area contributed by atoms with Crippen molar-refractivity contribution >= 4 is 16.5 Å². The maximum Gasteiger partial charge on any atom is 0.185 e. The average molecular weight is 295 g/mol. The Morgan fingerprint density at radius 1 is 1.40 bits per heavy atom. The van der Waals surface area contributed by atoms with Gasteiger partial charge in [-0.15, -0.1) is 11.3 Å². The number of nitrogens with one attached hydrogen (secondary N) is 1. The highest BCUT2D eigenvalue weighted by Crippen LogP contribution is 2.30. The van der Waals surface area contributed by atoms with Gasteiger partial charge in [-0.25, -0.2) is 4.98 Å². The molecule has 0 amide bonds. The van der Waals surface area contributed by atoms with Gasteiger partial charge in [-0.1, -0.05) is 13.3 Å². The summed E-state index contributed by atoms with van der Waals surface area (Å²) in [6.45, 7) is 4.95. The highest BCUT2D eigenvalue weighted by atomic mass is 32.1. The molecule has 2 fully saturated rings. The number of ether oxygens (including phenoxy) is 1. The Bertz CT molecular complexity index is 438. The molecule has 1 atom stereocenters. The van der Waals surface area contributed by atoms with Crippen molar-refractivity contribution in [2.24, 2.45) is 0 Å². The lowest BCUT2D eigenvalue weighted by atomic mass is 10.2. The van der Waals surface area contributed by atoms with E-state index in [1.165, 1.54) is 23.4 Å². The summed E-state index contributed by atoms with van der Waals surface area (Å²) >= 11 is 1.86. The number of rotatable bonds is 7. The topological polar surface area (TPSA) is 37.4 Å². The van der Waals surface area contributed by atoms with Gasteiger partial charge >= 0.3 is 0 Å². The number of likely N-dealkylation sites (N-methyl/N-ethyl adjacent to an activating group) is 1. The van der Waals surface area contributed by atoms with Crippen molar-refractivity contribution in [3.8, 4) is 0 Å². The molecule has 4 nitrogen and oxygen atoms in total. The second-order valence-corrected chi connectivity index (χ2v) is 6.96. The summed E-state index contributed by atoms with van der Waals surface area (Å²) in [5, 5.41) is 4.78. The second-order valence-electron chi connectivity index (χ2n) is 5.90. The quantitative estimate of drug-likeness (QED) is 0.839. The maximum atomic E-state index is 5.49. The third kappa shape index (κ3) is 3.32. The van der Waals surface area contributed by atoms with Crippen molar-refractivity contribution in [3.05, 3.63) is 10.6 Å². The van der Waals surface area contributed by atoms with Crippen molar-refractivity contribution in [2.45, 2.75) is 57.7 Å². The Morgan fingerprint density at radius 2 is 2.25 bits per heavy atom. The van der Waals surface area contributed by atoms with Gasteiger partial charge in [0.1, 0.15) is 0 Å². The van der Waals surface area contributed by atoms with Crippen LogP contribution >= 0.6 is 11.3 Å². The van der Waals surface area contributed by atoms with Crippen LogP contribution in [0.25, 0.3) is 0 Å². The van der Waals surface area contributed by atoms with Gasteiger partial charge in [0.05, 0.1) is 18.3 Å². The summed E-state index contributed by atoms with van der Waals surface area (Å²) in [7, 11) is 2.16. The molecule has 20 heavy (non-hydrogen) atoms. The fraction of sp³-hybridized carbons (Fsp3) is 0.800. The Morgan fingerprint density at radius 3 is 2.90 bits per heavy atom. The zero-order chi connectivity index (χ0) is 13.9. The Hall–Kier alpha value is -0.650. The van der Waals surface area contributed by atoms with Gasteiger partial charge in [0.15, 0.2) is 5.13 Å². The van der Waals surface area contributed by atoms with Gasteiger partial charge in [0, 0.05) is 31.1 Å². The van der Waals surface area contributed by atoms with Gasteiger partial charge in [-0.05, 0) is 25.7 Å². The first-order valence-electron chi connectivity index (χ1n) is 7.80. The third-order valence-electron chi connectivity index (χ3n) is 4.14. The van der Waals surface area contributed by atoms with Gasteiger partial charge in [0.2, 0.25) is 0 Å². The lowest BCUT2D eigenvalue weighted by Gasteiger charge is -2.21. The van der Waals surface area contributed by atoms with E-state index in [1.807, 2.05) is 11.3 Å². The fourth-order valence-corrected chi connectivity index (χ4v) is 3.69. The average Bonchev–Trinajstić information content (AvgIpc) is 2.97. The van der Waals surface area contributed by atoms with Crippen LogP contribution in [0.15, 0.2) is 0 Å². The first kappa shape index (κ1) is 14.3. The Kier molecular flexibility index (Phi) is 4.58. The number of hydrogen-bond donors (Lipinski definition) is 1. The number of aryl methyl sites for hydroxylation is 1. The number of aromatic nitrogens is 1. The van der Waals surface area contributed by atoms with E-state index in [2.05, 4.69) is 24.2 Å². The first-order chi connectivity index (χ1) is 9.78. The molecule has 2 heterocycles. The standard InChI is InChI=1S/C15H25N3OS/c1-3-4-13-14(9-16-11-5-6-11)20-15(17-13)18(2)12-7-8-19-10-12/h11-12,16H,3-10H2,1-2H3. The van der Waals surface area contributed by atoms with E-state index in [0.717, 1.165) is 50.2 Å². The molecule has 5 heteroatoms. The van der Waals surface area contributed by atoms with Gasteiger partial charge < -0.3 is 15.0 Å². The number of nitrogens with zero attached hydrogens (tertiary/aromatic N) is 2. The molecular formula is C15H25N3OS. The molecule has 0 spiro atoms. The molecular weight excluding hydrogens is 270 g/mol. The molecule has 1 aromatic heterocycles. The summed E-state index contributed by atoms with van der Waals surface area (Å²) in [6, 6.07) is 1.26. The van der Waals surface area contributed by atoms with E-state index in [1.54, 1.807) is 0 Å². The van der Waals surface area contributed by atoms with E-state index in [9.17, 15) is 0 Å². The predicted octanol–water partition coefficient (Wildman–Crippen LogP) is 2.57. The zero-order valence-electron chi connectivity index (χ0n) is 12.5. The van der Waals surface area contributed by atoms with E-state index in [-0.39, 0.29) is 0 Å². The summed E-state index contributed by atoms with van der Waals surface area (Å²) in [5.41, 5.74) is 1.30. The summed E-state index contributed by atoms with van der Waals surface area (Å²) in [6.07, 6.45) is 6.06. The normalized spacial score (nSPS) is 22.4. The van der Waals surface area contributed by atoms with Crippen LogP contribution in [-0.2, 0) is 17.7 Å². The van der Waals surface area contributed by atoms with Crippen LogP contribution in [0.5, 0.6) is 0 Å². The molecule has 1 unspecified atom stereocenters. The van der Waals surface area contributed by atoms with Crippen LogP contribution in [0.2, 0.25) is 0 Å². The van der Waals surface area contributed by atoms with Crippen LogP contribution < -0.4 is 10.2 Å². The van der Waals surface area contributed by atoms with E-state index in [4.69, 9.17) is 9.72 Å². The maximum absolute atomic E-state index is 5.49. The molecule has 1 saturated heterocycles. The monoisotopic (exact) mass is 295 g/mol. The van der Waals surface area contributed by atoms with E-state index < -0.39 is 0 Å². The highest BCUT2D eigenvalue weighted by molar-refractivity contribution is 7.15. The van der Waals surface area contributed by atoms with E-state index in [0.29, 0.717) is 6.04 Å².